The number of carbonyl (C=O) groups is 2. The lowest BCUT2D eigenvalue weighted by atomic mass is 10.2. The Morgan fingerprint density at radius 2 is 2.06 bits per heavy atom. The number of nitrogens with zero attached hydrogens (tertiary/aromatic N) is 3. The summed E-state index contributed by atoms with van der Waals surface area (Å²) in [5, 5.41) is 13.9. The zero-order valence-electron chi connectivity index (χ0n) is 19.4. The molecule has 13 nitrogen and oxygen atoms in total. The smallest absolute Gasteiger partial charge is 0.352 e. The van der Waals surface area contributed by atoms with Gasteiger partial charge in [-0.05, 0) is 6.26 Å². The third kappa shape index (κ3) is 9.76. The molecule has 0 saturated carbocycles. The number of likely N-dealkylation sites (N-methyl/N-ethyl adjacent to an activating group) is 1. The SMILES string of the molecule is C#CCN(CC(=O)NCCOP(=O)(OC)OCC[NH+](C)C)C(=O)c1cnc(SC)c([N+](=O)[O-])c1. The molecule has 1 aromatic rings. The molecule has 34 heavy (non-hydrogen) atoms. The van der Waals surface area contributed by atoms with Gasteiger partial charge in [0, 0.05) is 25.9 Å². The molecule has 2 N–H and O–H groups in total. The fourth-order valence-electron chi connectivity index (χ4n) is 2.42. The number of phosphoric acid groups is 1. The number of carbonyl (C=O) groups excluding carboxylic acids is 2. The van der Waals surface area contributed by atoms with Gasteiger partial charge in [-0.2, -0.15) is 0 Å². The monoisotopic (exact) mass is 518 g/mol. The van der Waals surface area contributed by atoms with Crippen molar-refractivity contribution in [3.63, 3.8) is 0 Å². The first-order valence-corrected chi connectivity index (χ1v) is 12.7. The van der Waals surface area contributed by atoms with Gasteiger partial charge in [0.05, 0.1) is 37.7 Å². The van der Waals surface area contributed by atoms with Crippen molar-refractivity contribution in [1.82, 2.24) is 15.2 Å². The fourth-order valence-corrected chi connectivity index (χ4v) is 3.84. The minimum atomic E-state index is -3.75. The van der Waals surface area contributed by atoms with E-state index in [-0.39, 0.29) is 42.6 Å². The van der Waals surface area contributed by atoms with Gasteiger partial charge in [-0.15, -0.1) is 18.2 Å². The van der Waals surface area contributed by atoms with Crippen LogP contribution in [0.2, 0.25) is 0 Å². The van der Waals surface area contributed by atoms with Gasteiger partial charge >= 0.3 is 13.5 Å². The van der Waals surface area contributed by atoms with Crippen molar-refractivity contribution in [2.24, 2.45) is 0 Å². The Balaban J connectivity index is 2.68. The molecule has 0 fully saturated rings. The van der Waals surface area contributed by atoms with E-state index in [1.807, 2.05) is 14.1 Å². The van der Waals surface area contributed by atoms with E-state index >= 15 is 0 Å². The summed E-state index contributed by atoms with van der Waals surface area (Å²) in [6, 6.07) is 1.09. The summed E-state index contributed by atoms with van der Waals surface area (Å²) in [7, 11) is 1.25. The summed E-state index contributed by atoms with van der Waals surface area (Å²) in [5.41, 5.74) is -0.397. The molecule has 0 spiro atoms. The highest BCUT2D eigenvalue weighted by Gasteiger charge is 2.26. The van der Waals surface area contributed by atoms with Gasteiger partial charge in [-0.3, -0.25) is 33.3 Å². The summed E-state index contributed by atoms with van der Waals surface area (Å²) in [4.78, 5) is 41.7. The van der Waals surface area contributed by atoms with Crippen molar-refractivity contribution in [1.29, 1.82) is 0 Å². The predicted octanol–water partition coefficient (Wildman–Crippen LogP) is -0.164. The molecule has 0 aliphatic rings. The van der Waals surface area contributed by atoms with Crippen LogP contribution in [-0.2, 0) is 22.9 Å². The second kappa shape index (κ2) is 14.7. The highest BCUT2D eigenvalue weighted by atomic mass is 32.2. The van der Waals surface area contributed by atoms with Gasteiger partial charge in [0.25, 0.3) is 5.91 Å². The molecule has 1 heterocycles. The second-order valence-electron chi connectivity index (χ2n) is 6.98. The average molecular weight is 519 g/mol. The zero-order chi connectivity index (χ0) is 25.7. The number of nitrogens with one attached hydrogen (secondary N) is 2. The highest BCUT2D eigenvalue weighted by Crippen LogP contribution is 2.48. The van der Waals surface area contributed by atoms with Gasteiger partial charge < -0.3 is 15.1 Å². The lowest BCUT2D eigenvalue weighted by molar-refractivity contribution is -0.858. The summed E-state index contributed by atoms with van der Waals surface area (Å²) in [6.45, 7) is -0.0747. The van der Waals surface area contributed by atoms with Crippen LogP contribution in [0.3, 0.4) is 0 Å². The summed E-state index contributed by atoms with van der Waals surface area (Å²) in [6.07, 6.45) is 8.12. The Hall–Kier alpha value is -2.53. The van der Waals surface area contributed by atoms with Gasteiger partial charge in [-0.1, -0.05) is 5.92 Å². The minimum Gasteiger partial charge on any atom is -0.352 e. The van der Waals surface area contributed by atoms with E-state index in [4.69, 9.17) is 20.0 Å². The molecular weight excluding hydrogens is 489 g/mol. The Morgan fingerprint density at radius 3 is 2.62 bits per heavy atom. The van der Waals surface area contributed by atoms with Crippen LogP contribution >= 0.6 is 19.6 Å². The number of amides is 2. The lowest BCUT2D eigenvalue weighted by Gasteiger charge is -2.20. The third-order valence-corrected chi connectivity index (χ3v) is 6.27. The lowest BCUT2D eigenvalue weighted by Crippen LogP contribution is -3.06. The van der Waals surface area contributed by atoms with E-state index in [0.29, 0.717) is 6.54 Å². The quantitative estimate of drug-likeness (QED) is 0.0799. The van der Waals surface area contributed by atoms with E-state index in [0.717, 1.165) is 27.6 Å². The van der Waals surface area contributed by atoms with Crippen LogP contribution in [0.15, 0.2) is 17.3 Å². The van der Waals surface area contributed by atoms with Crippen molar-refractivity contribution in [2.45, 2.75) is 5.03 Å². The van der Waals surface area contributed by atoms with E-state index in [1.165, 1.54) is 13.3 Å². The van der Waals surface area contributed by atoms with Crippen molar-refractivity contribution >= 4 is 37.1 Å². The maximum absolute atomic E-state index is 12.8. The summed E-state index contributed by atoms with van der Waals surface area (Å²) in [5.74, 6) is 1.02. The fraction of sp³-hybridized carbons (Fsp3) is 0.526. The molecule has 2 amide bonds. The number of aromatic nitrogens is 1. The molecule has 15 heteroatoms. The van der Waals surface area contributed by atoms with Crippen molar-refractivity contribution in [3.05, 3.63) is 27.9 Å². The number of nitro groups is 1. The van der Waals surface area contributed by atoms with Crippen LogP contribution in [0.1, 0.15) is 10.4 Å². The second-order valence-corrected chi connectivity index (χ2v) is 9.55. The summed E-state index contributed by atoms with van der Waals surface area (Å²) < 4.78 is 27.4. The van der Waals surface area contributed by atoms with Crippen LogP contribution < -0.4 is 10.2 Å². The van der Waals surface area contributed by atoms with E-state index < -0.39 is 31.1 Å². The highest BCUT2D eigenvalue weighted by molar-refractivity contribution is 7.98. The number of pyridine rings is 1. The molecule has 0 aromatic carbocycles. The molecule has 1 aromatic heterocycles. The maximum atomic E-state index is 12.8. The molecule has 1 unspecified atom stereocenters. The number of hydrogen-bond acceptors (Lipinski definition) is 10. The number of quaternary nitrogens is 1. The first-order valence-electron chi connectivity index (χ1n) is 9.98. The third-order valence-electron chi connectivity index (χ3n) is 4.12. The predicted molar refractivity (Wildman–Crippen MR) is 125 cm³/mol. The molecule has 0 bridgehead atoms. The van der Waals surface area contributed by atoms with Crippen LogP contribution in [0.4, 0.5) is 5.69 Å². The zero-order valence-corrected chi connectivity index (χ0v) is 21.1. The van der Waals surface area contributed by atoms with Crippen molar-refractivity contribution in [3.8, 4) is 12.3 Å². The number of rotatable bonds is 15. The first-order chi connectivity index (χ1) is 16.1. The number of terminal acetylenes is 1. The molecule has 0 aliphatic carbocycles. The Morgan fingerprint density at radius 1 is 1.38 bits per heavy atom. The van der Waals surface area contributed by atoms with Gasteiger partial charge in [0.1, 0.15) is 19.7 Å². The molecule has 0 saturated heterocycles. The van der Waals surface area contributed by atoms with Gasteiger partial charge in [0.15, 0.2) is 5.03 Å². The number of hydrogen-bond donors (Lipinski definition) is 2. The Kier molecular flexibility index (Phi) is 12.7. The van der Waals surface area contributed by atoms with E-state index in [9.17, 15) is 24.3 Å². The van der Waals surface area contributed by atoms with Gasteiger partial charge in [-0.25, -0.2) is 9.55 Å². The van der Waals surface area contributed by atoms with E-state index in [1.54, 1.807) is 6.26 Å². The van der Waals surface area contributed by atoms with Crippen molar-refractivity contribution < 1.29 is 37.5 Å². The van der Waals surface area contributed by atoms with Crippen LogP contribution in [0, 0.1) is 22.5 Å². The normalized spacial score (nSPS) is 12.6. The molecule has 0 radical (unpaired) electrons. The average Bonchev–Trinajstić information content (AvgIpc) is 2.80. The minimum absolute atomic E-state index is 0.0397. The Labute approximate surface area is 202 Å². The van der Waals surface area contributed by atoms with Crippen LogP contribution in [0.5, 0.6) is 0 Å². The number of thioether (sulfide) groups is 1. The number of phosphoric ester groups is 1. The first kappa shape index (κ1) is 29.5. The molecule has 0 aliphatic heterocycles. The van der Waals surface area contributed by atoms with Crippen molar-refractivity contribution in [2.75, 3.05) is 66.9 Å². The Bertz CT molecular complexity index is 955. The largest absolute Gasteiger partial charge is 0.474 e. The summed E-state index contributed by atoms with van der Waals surface area (Å²) >= 11 is 1.07. The molecule has 1 atom stereocenters. The topological polar surface area (TPSA) is 155 Å². The molecule has 188 valence electrons. The standard InChI is InChI=1S/C19H28N5O8PS/c1-6-8-23(19(26)15-12-16(24(27)28)18(34-5)21-13-15)14-17(25)20-7-10-31-33(29,30-4)32-11-9-22(2)3/h1,12-13H,7-11,14H2,2-5H3,(H,20,25)/p+1. The van der Waals surface area contributed by atoms with Crippen LogP contribution in [-0.4, -0.2) is 93.5 Å². The van der Waals surface area contributed by atoms with Gasteiger partial charge in [0.2, 0.25) is 5.91 Å². The van der Waals surface area contributed by atoms with E-state index in [2.05, 4.69) is 16.2 Å². The molecular formula is C19H29N5O8PS+. The molecule has 1 rings (SSSR count). The van der Waals surface area contributed by atoms with Crippen LogP contribution in [0.25, 0.3) is 0 Å². The maximum Gasteiger partial charge on any atom is 0.474 e.